The molecule has 0 unspecified atom stereocenters. The molecule has 2 rings (SSSR count). The van der Waals surface area contributed by atoms with Crippen LogP contribution in [-0.2, 0) is 13.0 Å². The molecule has 7 heteroatoms. The maximum atomic E-state index is 13.1. The molecule has 0 bridgehead atoms. The Morgan fingerprint density at radius 1 is 1.30 bits per heavy atom. The van der Waals surface area contributed by atoms with Crippen molar-refractivity contribution in [2.75, 3.05) is 13.1 Å². The quantitative estimate of drug-likeness (QED) is 0.397. The van der Waals surface area contributed by atoms with Crippen LogP contribution in [0, 0.1) is 5.82 Å². The first-order chi connectivity index (χ1) is 10.7. The molecule has 2 aromatic rings. The Morgan fingerprint density at radius 3 is 2.78 bits per heavy atom. The fourth-order valence-corrected chi connectivity index (χ4v) is 2.11. The topological polar surface area (TPSA) is 49.6 Å². The molecule has 0 saturated carbocycles. The fourth-order valence-electron chi connectivity index (χ4n) is 1.91. The van der Waals surface area contributed by atoms with Gasteiger partial charge in [-0.3, -0.25) is 0 Å². The van der Waals surface area contributed by atoms with E-state index >= 15 is 0 Å². The monoisotopic (exact) mass is 451 g/mol. The van der Waals surface area contributed by atoms with Crippen molar-refractivity contribution in [2.45, 2.75) is 19.9 Å². The number of guanidine groups is 1. The van der Waals surface area contributed by atoms with Gasteiger partial charge in [-0.05, 0) is 36.8 Å². The number of hydrogen-bond donors (Lipinski definition) is 2. The minimum atomic E-state index is -0.419. The molecule has 1 heterocycles. The predicted octanol–water partition coefficient (Wildman–Crippen LogP) is 3.99. The molecule has 0 atom stereocenters. The first kappa shape index (κ1) is 19.8. The van der Waals surface area contributed by atoms with Gasteiger partial charge < -0.3 is 15.1 Å². The Labute approximate surface area is 157 Å². The molecule has 1 aromatic carbocycles. The summed E-state index contributed by atoms with van der Waals surface area (Å²) in [5, 5.41) is 6.50. The molecular formula is C16H20ClFIN3O. The summed E-state index contributed by atoms with van der Waals surface area (Å²) in [5.41, 5.74) is 0.856. The zero-order chi connectivity index (χ0) is 15.8. The van der Waals surface area contributed by atoms with Crippen molar-refractivity contribution in [2.24, 2.45) is 4.99 Å². The number of rotatable bonds is 6. The van der Waals surface area contributed by atoms with E-state index < -0.39 is 5.82 Å². The van der Waals surface area contributed by atoms with E-state index in [1.165, 1.54) is 6.07 Å². The highest BCUT2D eigenvalue weighted by Crippen LogP contribution is 2.16. The van der Waals surface area contributed by atoms with E-state index in [4.69, 9.17) is 16.0 Å². The van der Waals surface area contributed by atoms with Crippen molar-refractivity contribution >= 4 is 41.5 Å². The van der Waals surface area contributed by atoms with Gasteiger partial charge in [0, 0.05) is 19.5 Å². The SMILES string of the molecule is CCNC(=NCc1ccc(F)c(Cl)c1)NCCc1ccco1.I. The first-order valence-electron chi connectivity index (χ1n) is 7.17. The third-order valence-electron chi connectivity index (χ3n) is 2.99. The van der Waals surface area contributed by atoms with Crippen LogP contribution in [0.15, 0.2) is 46.0 Å². The minimum Gasteiger partial charge on any atom is -0.469 e. The van der Waals surface area contributed by atoms with Crippen molar-refractivity contribution in [3.8, 4) is 0 Å². The van der Waals surface area contributed by atoms with Crippen LogP contribution in [0.4, 0.5) is 4.39 Å². The summed E-state index contributed by atoms with van der Waals surface area (Å²) in [6, 6.07) is 8.42. The number of hydrogen-bond acceptors (Lipinski definition) is 2. The summed E-state index contributed by atoms with van der Waals surface area (Å²) in [6.45, 7) is 3.90. The van der Waals surface area contributed by atoms with Crippen LogP contribution in [0.2, 0.25) is 5.02 Å². The second-order valence-corrected chi connectivity index (χ2v) is 5.11. The maximum Gasteiger partial charge on any atom is 0.191 e. The summed E-state index contributed by atoms with van der Waals surface area (Å²) in [7, 11) is 0. The molecule has 23 heavy (non-hydrogen) atoms. The lowest BCUT2D eigenvalue weighted by molar-refractivity contribution is 0.507. The van der Waals surface area contributed by atoms with Crippen molar-refractivity contribution in [1.82, 2.24) is 10.6 Å². The molecule has 0 amide bonds. The molecule has 0 fully saturated rings. The average molecular weight is 452 g/mol. The Balaban J connectivity index is 0.00000264. The van der Waals surface area contributed by atoms with Gasteiger partial charge in [-0.2, -0.15) is 0 Å². The summed E-state index contributed by atoms with van der Waals surface area (Å²) >= 11 is 5.77. The molecule has 0 aliphatic heterocycles. The Kier molecular flexibility index (Phi) is 9.01. The van der Waals surface area contributed by atoms with E-state index in [1.54, 1.807) is 18.4 Å². The molecule has 0 saturated heterocycles. The number of nitrogens with zero attached hydrogens (tertiary/aromatic N) is 1. The van der Waals surface area contributed by atoms with E-state index in [-0.39, 0.29) is 29.0 Å². The van der Waals surface area contributed by atoms with E-state index in [0.717, 1.165) is 24.3 Å². The van der Waals surface area contributed by atoms with Crippen LogP contribution < -0.4 is 10.6 Å². The first-order valence-corrected chi connectivity index (χ1v) is 7.55. The Bertz CT molecular complexity index is 620. The molecule has 2 N–H and O–H groups in total. The smallest absolute Gasteiger partial charge is 0.191 e. The molecule has 4 nitrogen and oxygen atoms in total. The number of furan rings is 1. The molecule has 126 valence electrons. The lowest BCUT2D eigenvalue weighted by Gasteiger charge is -2.10. The van der Waals surface area contributed by atoms with E-state index in [0.29, 0.717) is 19.0 Å². The summed E-state index contributed by atoms with van der Waals surface area (Å²) in [5.74, 6) is 1.21. The molecule has 0 spiro atoms. The van der Waals surface area contributed by atoms with Gasteiger partial charge in [0.1, 0.15) is 11.6 Å². The normalized spacial score (nSPS) is 11.0. The maximum absolute atomic E-state index is 13.1. The number of halogens is 3. The van der Waals surface area contributed by atoms with Crippen LogP contribution in [0.5, 0.6) is 0 Å². The van der Waals surface area contributed by atoms with Crippen LogP contribution in [0.25, 0.3) is 0 Å². The highest BCUT2D eigenvalue weighted by Gasteiger charge is 2.02. The third-order valence-corrected chi connectivity index (χ3v) is 3.28. The van der Waals surface area contributed by atoms with Gasteiger partial charge >= 0.3 is 0 Å². The third kappa shape index (κ3) is 6.78. The second-order valence-electron chi connectivity index (χ2n) is 4.70. The summed E-state index contributed by atoms with van der Waals surface area (Å²) in [4.78, 5) is 4.46. The molecule has 0 aliphatic carbocycles. The average Bonchev–Trinajstić information content (AvgIpc) is 3.01. The number of nitrogens with one attached hydrogen (secondary N) is 2. The fraction of sp³-hybridized carbons (Fsp3) is 0.312. The predicted molar refractivity (Wildman–Crippen MR) is 102 cm³/mol. The van der Waals surface area contributed by atoms with E-state index in [1.807, 2.05) is 19.1 Å². The van der Waals surface area contributed by atoms with E-state index in [9.17, 15) is 4.39 Å². The van der Waals surface area contributed by atoms with Gasteiger partial charge in [0.2, 0.25) is 0 Å². The molecular weight excluding hydrogens is 432 g/mol. The van der Waals surface area contributed by atoms with Gasteiger partial charge in [-0.1, -0.05) is 17.7 Å². The zero-order valence-corrected chi connectivity index (χ0v) is 15.9. The lowest BCUT2D eigenvalue weighted by Crippen LogP contribution is -2.38. The van der Waals surface area contributed by atoms with Crippen molar-refractivity contribution in [1.29, 1.82) is 0 Å². The largest absolute Gasteiger partial charge is 0.469 e. The van der Waals surface area contributed by atoms with Gasteiger partial charge in [-0.25, -0.2) is 9.38 Å². The van der Waals surface area contributed by atoms with Crippen LogP contribution in [0.1, 0.15) is 18.2 Å². The minimum absolute atomic E-state index is 0. The molecule has 1 aromatic heterocycles. The van der Waals surface area contributed by atoms with Crippen molar-refractivity contribution in [3.05, 3.63) is 58.8 Å². The number of aliphatic imine (C=N–C) groups is 1. The van der Waals surface area contributed by atoms with Gasteiger partial charge in [0.15, 0.2) is 5.96 Å². The summed E-state index contributed by atoms with van der Waals surface area (Å²) in [6.07, 6.45) is 2.44. The van der Waals surface area contributed by atoms with Crippen LogP contribution in [0.3, 0.4) is 0 Å². The highest BCUT2D eigenvalue weighted by molar-refractivity contribution is 14.0. The van der Waals surface area contributed by atoms with Crippen molar-refractivity contribution < 1.29 is 8.81 Å². The van der Waals surface area contributed by atoms with Crippen LogP contribution >= 0.6 is 35.6 Å². The molecule has 0 aliphatic rings. The molecule has 0 radical (unpaired) electrons. The van der Waals surface area contributed by atoms with Gasteiger partial charge in [0.25, 0.3) is 0 Å². The second kappa shape index (κ2) is 10.5. The highest BCUT2D eigenvalue weighted by atomic mass is 127. The van der Waals surface area contributed by atoms with Crippen molar-refractivity contribution in [3.63, 3.8) is 0 Å². The zero-order valence-electron chi connectivity index (χ0n) is 12.8. The van der Waals surface area contributed by atoms with E-state index in [2.05, 4.69) is 15.6 Å². The number of benzene rings is 1. The lowest BCUT2D eigenvalue weighted by atomic mass is 10.2. The van der Waals surface area contributed by atoms with Gasteiger partial charge in [0.05, 0.1) is 17.8 Å². The standard InChI is InChI=1S/C16H19ClFN3O.HI/c1-2-19-16(20-8-7-13-4-3-9-22-13)21-11-12-5-6-15(18)14(17)10-12;/h3-6,9-10H,2,7-8,11H2,1H3,(H2,19,20,21);1H. The van der Waals surface area contributed by atoms with Gasteiger partial charge in [-0.15, -0.1) is 24.0 Å². The van der Waals surface area contributed by atoms with Crippen LogP contribution in [-0.4, -0.2) is 19.0 Å². The Morgan fingerprint density at radius 2 is 2.13 bits per heavy atom. The Hall–Kier alpha value is -1.28. The summed E-state index contributed by atoms with van der Waals surface area (Å²) < 4.78 is 18.4.